The van der Waals surface area contributed by atoms with Crippen LogP contribution in [0.25, 0.3) is 5.65 Å². The molecule has 0 saturated carbocycles. The van der Waals surface area contributed by atoms with E-state index in [-0.39, 0.29) is 41.5 Å². The van der Waals surface area contributed by atoms with Crippen molar-refractivity contribution in [3.63, 3.8) is 0 Å². The Bertz CT molecular complexity index is 1080. The van der Waals surface area contributed by atoms with Gasteiger partial charge in [0.05, 0.1) is 26.5 Å². The lowest BCUT2D eigenvalue weighted by molar-refractivity contribution is 0.0591. The molecule has 178 valence electrons. The highest BCUT2D eigenvalue weighted by molar-refractivity contribution is 7.53. The second-order valence-electron chi connectivity index (χ2n) is 8.82. The van der Waals surface area contributed by atoms with E-state index < -0.39 is 27.4 Å². The van der Waals surface area contributed by atoms with Crippen molar-refractivity contribution >= 4 is 27.5 Å². The van der Waals surface area contributed by atoms with E-state index in [2.05, 4.69) is 4.98 Å². The molecule has 2 rings (SSSR count). The maximum atomic E-state index is 13.4. The van der Waals surface area contributed by atoms with Gasteiger partial charge in [-0.3, -0.25) is 13.8 Å². The third kappa shape index (κ3) is 5.67. The molecular formula is C21H33N2O7PSi. The average molecular weight is 485 g/mol. The molecule has 32 heavy (non-hydrogen) atoms. The maximum Gasteiger partial charge on any atom is 0.360 e. The second-order valence-corrected chi connectivity index (χ2v) is 15.6. The lowest BCUT2D eigenvalue weighted by atomic mass is 10.2. The third-order valence-electron chi connectivity index (χ3n) is 5.41. The van der Waals surface area contributed by atoms with Gasteiger partial charge >= 0.3 is 13.6 Å². The van der Waals surface area contributed by atoms with Crippen LogP contribution in [0.15, 0.2) is 23.1 Å². The van der Waals surface area contributed by atoms with Gasteiger partial charge in [-0.05, 0) is 43.6 Å². The van der Waals surface area contributed by atoms with Crippen molar-refractivity contribution in [3.8, 4) is 5.75 Å². The first-order chi connectivity index (χ1) is 14.8. The number of pyridine rings is 1. The third-order valence-corrected chi connectivity index (χ3v) is 11.8. The van der Waals surface area contributed by atoms with Crippen LogP contribution in [-0.2, 0) is 24.5 Å². The number of nitrogens with zero attached hydrogens (tertiary/aromatic N) is 2. The van der Waals surface area contributed by atoms with Gasteiger partial charge < -0.3 is 18.2 Å². The Balaban J connectivity index is 2.67. The van der Waals surface area contributed by atoms with Crippen LogP contribution in [0, 0.1) is 0 Å². The number of aromatic nitrogens is 2. The summed E-state index contributed by atoms with van der Waals surface area (Å²) in [5.74, 6) is -0.893. The van der Waals surface area contributed by atoms with Crippen LogP contribution in [0.3, 0.4) is 0 Å². The molecule has 2 heterocycles. The Morgan fingerprint density at radius 2 is 1.75 bits per heavy atom. The van der Waals surface area contributed by atoms with Crippen molar-refractivity contribution < 1.29 is 27.6 Å². The first-order valence-electron chi connectivity index (χ1n) is 10.5. The average Bonchev–Trinajstić information content (AvgIpc) is 2.69. The normalized spacial score (nSPS) is 12.8. The van der Waals surface area contributed by atoms with Gasteiger partial charge in [0.25, 0.3) is 13.9 Å². The Hall–Kier alpha value is -2.00. The minimum Gasteiger partial charge on any atom is -0.538 e. The van der Waals surface area contributed by atoms with Crippen molar-refractivity contribution in [1.29, 1.82) is 0 Å². The zero-order chi connectivity index (χ0) is 24.3. The van der Waals surface area contributed by atoms with Crippen LogP contribution >= 0.6 is 7.60 Å². The van der Waals surface area contributed by atoms with Crippen molar-refractivity contribution in [1.82, 2.24) is 9.38 Å². The zero-order valence-electron chi connectivity index (χ0n) is 20.1. The summed E-state index contributed by atoms with van der Waals surface area (Å²) in [6.07, 6.45) is 1.52. The highest BCUT2D eigenvalue weighted by Gasteiger charge is 2.41. The molecular weight excluding hydrogens is 451 g/mol. The summed E-state index contributed by atoms with van der Waals surface area (Å²) in [5.41, 5.74) is 0.106. The summed E-state index contributed by atoms with van der Waals surface area (Å²) < 4.78 is 36.0. The number of hydrogen-bond acceptors (Lipinski definition) is 8. The van der Waals surface area contributed by atoms with Gasteiger partial charge in [-0.15, -0.1) is 0 Å². The molecule has 9 nitrogen and oxygen atoms in total. The number of rotatable bonds is 9. The van der Waals surface area contributed by atoms with E-state index in [0.717, 1.165) is 0 Å². The Morgan fingerprint density at radius 1 is 1.16 bits per heavy atom. The molecule has 0 amide bonds. The quantitative estimate of drug-likeness (QED) is 0.288. The van der Waals surface area contributed by atoms with E-state index >= 15 is 0 Å². The van der Waals surface area contributed by atoms with Gasteiger partial charge in [-0.1, -0.05) is 26.8 Å². The summed E-state index contributed by atoms with van der Waals surface area (Å²) >= 11 is 0. The first kappa shape index (κ1) is 26.3. The van der Waals surface area contributed by atoms with E-state index in [4.69, 9.17) is 18.2 Å². The van der Waals surface area contributed by atoms with Crippen LogP contribution < -0.4 is 9.99 Å². The largest absolute Gasteiger partial charge is 0.538 e. The minimum absolute atomic E-state index is 0.00572. The van der Waals surface area contributed by atoms with Crippen molar-refractivity contribution in [2.75, 3.05) is 20.3 Å². The molecule has 0 spiro atoms. The standard InChI is InChI=1S/C21H33N2O7PSi/c1-9-28-31(26,29-10-2)14-15-11-12-16-22-17(20(25)27-6)18(19(24)23(16)13-15)30-32(7,8)21(3,4)5/h11-13H,9-10,14H2,1-8H3. The van der Waals surface area contributed by atoms with Crippen LogP contribution in [0.4, 0.5) is 0 Å². The number of ether oxygens (including phenoxy) is 1. The Labute approximate surface area is 189 Å². The van der Waals surface area contributed by atoms with Crippen LogP contribution in [0.1, 0.15) is 50.7 Å². The fourth-order valence-corrected chi connectivity index (χ4v) is 5.42. The molecule has 2 aromatic rings. The molecule has 0 radical (unpaired) electrons. The van der Waals surface area contributed by atoms with Gasteiger partial charge in [0.1, 0.15) is 5.65 Å². The monoisotopic (exact) mass is 484 g/mol. The molecule has 0 aliphatic carbocycles. The SMILES string of the molecule is CCOP(=O)(Cc1ccc2nc(C(=O)OC)c(O[Si](C)(C)C(C)(C)C)c(=O)n2c1)OCC. The summed E-state index contributed by atoms with van der Waals surface area (Å²) in [5, 5.41) is -0.212. The highest BCUT2D eigenvalue weighted by atomic mass is 31.2. The molecule has 2 aromatic heterocycles. The molecule has 0 saturated heterocycles. The number of fused-ring (bicyclic) bond motifs is 1. The van der Waals surface area contributed by atoms with Gasteiger partial charge in [0, 0.05) is 6.20 Å². The molecule has 0 aromatic carbocycles. The summed E-state index contributed by atoms with van der Waals surface area (Å²) in [6, 6.07) is 3.24. The second kappa shape index (κ2) is 9.87. The minimum atomic E-state index is -3.37. The zero-order valence-corrected chi connectivity index (χ0v) is 21.9. The van der Waals surface area contributed by atoms with E-state index in [1.54, 1.807) is 26.0 Å². The number of hydrogen-bond donors (Lipinski definition) is 0. The van der Waals surface area contributed by atoms with Gasteiger partial charge in [0.2, 0.25) is 5.75 Å². The first-order valence-corrected chi connectivity index (χ1v) is 15.1. The Morgan fingerprint density at radius 3 is 2.25 bits per heavy atom. The number of esters is 1. The van der Waals surface area contributed by atoms with Crippen molar-refractivity contribution in [2.24, 2.45) is 0 Å². The van der Waals surface area contributed by atoms with Crippen molar-refractivity contribution in [2.45, 2.75) is 58.9 Å². The van der Waals surface area contributed by atoms with Crippen LogP contribution in [-0.4, -0.2) is 44.0 Å². The van der Waals surface area contributed by atoms with Crippen LogP contribution in [0.5, 0.6) is 5.75 Å². The molecule has 0 bridgehead atoms. The summed E-state index contributed by atoms with van der Waals surface area (Å²) in [4.78, 5) is 30.2. The fraction of sp³-hybridized carbons (Fsp3) is 0.571. The summed E-state index contributed by atoms with van der Waals surface area (Å²) in [7, 11) is -4.61. The van der Waals surface area contributed by atoms with Crippen LogP contribution in [0.2, 0.25) is 18.1 Å². The number of methoxy groups -OCH3 is 1. The topological polar surface area (TPSA) is 105 Å². The highest BCUT2D eigenvalue weighted by Crippen LogP contribution is 2.51. The molecule has 0 fully saturated rings. The smallest absolute Gasteiger partial charge is 0.360 e. The number of carbonyl (C=O) groups is 1. The predicted molar refractivity (Wildman–Crippen MR) is 125 cm³/mol. The molecule has 11 heteroatoms. The van der Waals surface area contributed by atoms with E-state index in [1.165, 1.54) is 17.7 Å². The Kier molecular flexibility index (Phi) is 8.09. The predicted octanol–water partition coefficient (Wildman–Crippen LogP) is 4.63. The molecule has 0 atom stereocenters. The molecule has 0 aliphatic heterocycles. The maximum absolute atomic E-state index is 13.4. The number of carbonyl (C=O) groups excluding carboxylic acids is 1. The van der Waals surface area contributed by atoms with Gasteiger partial charge in [-0.2, -0.15) is 0 Å². The van der Waals surface area contributed by atoms with Gasteiger partial charge in [-0.25, -0.2) is 9.78 Å². The van der Waals surface area contributed by atoms with E-state index in [1.807, 2.05) is 33.9 Å². The fourth-order valence-electron chi connectivity index (χ4n) is 2.74. The lowest BCUT2D eigenvalue weighted by Gasteiger charge is -2.36. The molecule has 0 aliphatic rings. The van der Waals surface area contributed by atoms with E-state index in [0.29, 0.717) is 5.56 Å². The lowest BCUT2D eigenvalue weighted by Crippen LogP contribution is -2.46. The van der Waals surface area contributed by atoms with E-state index in [9.17, 15) is 14.2 Å². The van der Waals surface area contributed by atoms with Crippen molar-refractivity contribution in [3.05, 3.63) is 39.9 Å². The molecule has 0 unspecified atom stereocenters. The molecule has 0 N–H and O–H groups in total. The van der Waals surface area contributed by atoms with Gasteiger partial charge in [0.15, 0.2) is 5.69 Å². The summed E-state index contributed by atoms with van der Waals surface area (Å²) in [6.45, 7) is 14.0.